The predicted octanol–water partition coefficient (Wildman–Crippen LogP) is -0.0163. The highest BCUT2D eigenvalue weighted by Gasteiger charge is 2.57. The van der Waals surface area contributed by atoms with E-state index in [1.54, 1.807) is 20.8 Å². The molecule has 0 aliphatic carbocycles. The number of fused-ring (bicyclic) bond motifs is 1. The van der Waals surface area contributed by atoms with Crippen molar-refractivity contribution in [3.05, 3.63) is 0 Å². The first-order valence-electron chi connectivity index (χ1n) is 6.95. The molecule has 2 heterocycles. The topological polar surface area (TPSA) is 86.6 Å². The van der Waals surface area contributed by atoms with Gasteiger partial charge in [-0.2, -0.15) is 0 Å². The van der Waals surface area contributed by atoms with Crippen molar-refractivity contribution < 1.29 is 33.9 Å². The molecule has 0 aromatic carbocycles. The van der Waals surface area contributed by atoms with E-state index in [1.165, 1.54) is 0 Å². The van der Waals surface area contributed by atoms with Crippen molar-refractivity contribution in [1.29, 1.82) is 0 Å². The normalized spacial score (nSPS) is 38.7. The van der Waals surface area contributed by atoms with Crippen LogP contribution in [0.15, 0.2) is 0 Å². The van der Waals surface area contributed by atoms with Gasteiger partial charge in [-0.05, 0) is 27.7 Å². The third-order valence-corrected chi connectivity index (χ3v) is 3.34. The fourth-order valence-electron chi connectivity index (χ4n) is 2.57. The molecular weight excluding hydrogens is 268 g/mol. The Balaban J connectivity index is 2.08. The number of rotatable bonds is 6. The molecule has 0 saturated carbocycles. The number of hydrogen-bond donors (Lipinski definition) is 2. The van der Waals surface area contributed by atoms with Crippen LogP contribution in [0.25, 0.3) is 0 Å². The van der Waals surface area contributed by atoms with Crippen molar-refractivity contribution in [2.24, 2.45) is 0 Å². The molecule has 0 amide bonds. The van der Waals surface area contributed by atoms with E-state index in [4.69, 9.17) is 28.8 Å². The quantitative estimate of drug-likeness (QED) is 0.665. The lowest BCUT2D eigenvalue weighted by Gasteiger charge is -2.29. The van der Waals surface area contributed by atoms with Gasteiger partial charge in [-0.25, -0.2) is 0 Å². The van der Waals surface area contributed by atoms with Crippen LogP contribution in [0.5, 0.6) is 0 Å². The molecule has 7 nitrogen and oxygen atoms in total. The van der Waals surface area contributed by atoms with Crippen LogP contribution >= 0.6 is 0 Å². The summed E-state index contributed by atoms with van der Waals surface area (Å²) in [5.74, 6) is -0.763. The lowest BCUT2D eigenvalue weighted by molar-refractivity contribution is -0.249. The van der Waals surface area contributed by atoms with Crippen molar-refractivity contribution in [2.45, 2.75) is 70.5 Å². The minimum atomic E-state index is -1.06. The molecule has 2 aliphatic heterocycles. The summed E-state index contributed by atoms with van der Waals surface area (Å²) in [4.78, 5) is 0. The Bertz CT molecular complexity index is 322. The van der Waals surface area contributed by atoms with Crippen LogP contribution in [-0.4, -0.2) is 66.2 Å². The smallest absolute Gasteiger partial charge is 0.190 e. The van der Waals surface area contributed by atoms with Gasteiger partial charge in [0.15, 0.2) is 18.4 Å². The Morgan fingerprint density at radius 1 is 1.30 bits per heavy atom. The van der Waals surface area contributed by atoms with Crippen LogP contribution in [0.4, 0.5) is 0 Å². The van der Waals surface area contributed by atoms with Crippen LogP contribution in [0.3, 0.4) is 0 Å². The third kappa shape index (κ3) is 3.30. The van der Waals surface area contributed by atoms with Gasteiger partial charge in [-0.3, -0.25) is 0 Å². The summed E-state index contributed by atoms with van der Waals surface area (Å²) >= 11 is 0. The minimum absolute atomic E-state index is 0.420. The summed E-state index contributed by atoms with van der Waals surface area (Å²) in [5.41, 5.74) is 0. The van der Waals surface area contributed by atoms with E-state index in [9.17, 15) is 5.11 Å². The summed E-state index contributed by atoms with van der Waals surface area (Å²) in [6, 6.07) is 0. The average Bonchev–Trinajstić information content (AvgIpc) is 2.82. The largest absolute Gasteiger partial charge is 0.394 e. The summed E-state index contributed by atoms with van der Waals surface area (Å²) in [7, 11) is 0. The van der Waals surface area contributed by atoms with E-state index < -0.39 is 49.4 Å². The summed E-state index contributed by atoms with van der Waals surface area (Å²) in [6.45, 7) is 7.30. The van der Waals surface area contributed by atoms with Gasteiger partial charge in [-0.15, -0.1) is 0 Å². The maximum atomic E-state index is 9.85. The molecule has 6 atom stereocenters. The Morgan fingerprint density at radius 3 is 2.60 bits per heavy atom. The average molecular weight is 292 g/mol. The predicted molar refractivity (Wildman–Crippen MR) is 67.8 cm³/mol. The molecule has 2 aliphatic rings. The maximum absolute atomic E-state index is 9.85. The van der Waals surface area contributed by atoms with E-state index in [2.05, 4.69) is 0 Å². The van der Waals surface area contributed by atoms with Gasteiger partial charge in [-0.1, -0.05) is 0 Å². The van der Waals surface area contributed by atoms with E-state index in [1.807, 2.05) is 6.92 Å². The SMILES string of the molecule is CCOC(C)O[C@@H]1[C@H]2OC(C)(C)O[C@H]2O[C@@H]1C(O)CO. The van der Waals surface area contributed by atoms with Gasteiger partial charge < -0.3 is 33.9 Å². The molecule has 2 fully saturated rings. The first-order valence-corrected chi connectivity index (χ1v) is 6.95. The summed E-state index contributed by atoms with van der Waals surface area (Å²) in [6.07, 6.45) is -3.88. The molecule has 0 aromatic heterocycles. The van der Waals surface area contributed by atoms with Gasteiger partial charge in [0.25, 0.3) is 0 Å². The molecule has 20 heavy (non-hydrogen) atoms. The number of ether oxygens (including phenoxy) is 5. The Hall–Kier alpha value is -0.280. The maximum Gasteiger partial charge on any atom is 0.190 e. The highest BCUT2D eigenvalue weighted by molar-refractivity contribution is 4.96. The van der Waals surface area contributed by atoms with Crippen molar-refractivity contribution >= 4 is 0 Å². The number of aliphatic hydroxyl groups excluding tert-OH is 2. The van der Waals surface area contributed by atoms with E-state index in [0.717, 1.165) is 0 Å². The number of aliphatic hydroxyl groups is 2. The first kappa shape index (κ1) is 16.1. The Morgan fingerprint density at radius 2 is 2.00 bits per heavy atom. The van der Waals surface area contributed by atoms with Gasteiger partial charge >= 0.3 is 0 Å². The second-order valence-corrected chi connectivity index (χ2v) is 5.44. The molecular formula is C13H24O7. The van der Waals surface area contributed by atoms with Gasteiger partial charge in [0.2, 0.25) is 0 Å². The van der Waals surface area contributed by atoms with Crippen molar-refractivity contribution in [2.75, 3.05) is 13.2 Å². The van der Waals surface area contributed by atoms with Crippen LogP contribution in [-0.2, 0) is 23.7 Å². The molecule has 0 spiro atoms. The van der Waals surface area contributed by atoms with Crippen LogP contribution < -0.4 is 0 Å². The monoisotopic (exact) mass is 292 g/mol. The van der Waals surface area contributed by atoms with E-state index >= 15 is 0 Å². The van der Waals surface area contributed by atoms with Crippen LogP contribution in [0.1, 0.15) is 27.7 Å². The first-order chi connectivity index (χ1) is 9.38. The lowest BCUT2D eigenvalue weighted by Crippen LogP contribution is -2.45. The zero-order chi connectivity index (χ0) is 14.9. The fraction of sp³-hybridized carbons (Fsp3) is 1.00. The zero-order valence-electron chi connectivity index (χ0n) is 12.3. The lowest BCUT2D eigenvalue weighted by atomic mass is 10.1. The summed E-state index contributed by atoms with van der Waals surface area (Å²) in [5, 5.41) is 19.0. The molecule has 0 aromatic rings. The second kappa shape index (κ2) is 6.23. The minimum Gasteiger partial charge on any atom is -0.394 e. The second-order valence-electron chi connectivity index (χ2n) is 5.44. The van der Waals surface area contributed by atoms with Crippen molar-refractivity contribution in [3.63, 3.8) is 0 Å². The highest BCUT2D eigenvalue weighted by Crippen LogP contribution is 2.40. The Kier molecular flexibility index (Phi) is 5.01. The van der Waals surface area contributed by atoms with Gasteiger partial charge in [0, 0.05) is 6.61 Å². The molecule has 2 saturated heterocycles. The summed E-state index contributed by atoms with van der Waals surface area (Å²) < 4.78 is 28.1. The van der Waals surface area contributed by atoms with Crippen molar-refractivity contribution in [1.82, 2.24) is 0 Å². The van der Waals surface area contributed by atoms with E-state index in [-0.39, 0.29) is 0 Å². The van der Waals surface area contributed by atoms with Crippen LogP contribution in [0.2, 0.25) is 0 Å². The van der Waals surface area contributed by atoms with Gasteiger partial charge in [0.05, 0.1) is 6.61 Å². The zero-order valence-corrected chi connectivity index (χ0v) is 12.3. The fourth-order valence-corrected chi connectivity index (χ4v) is 2.57. The molecule has 2 unspecified atom stereocenters. The molecule has 118 valence electrons. The standard InChI is InChI=1S/C13H24O7/c1-5-16-7(2)17-10-9(8(15)6-14)18-12-11(10)19-13(3,4)20-12/h7-12,14-15H,5-6H2,1-4H3/t7?,8?,9-,10+,11-,12-/m1/s1. The number of hydrogen-bond acceptors (Lipinski definition) is 7. The third-order valence-electron chi connectivity index (χ3n) is 3.34. The van der Waals surface area contributed by atoms with Gasteiger partial charge in [0.1, 0.15) is 24.4 Å². The van der Waals surface area contributed by atoms with E-state index in [0.29, 0.717) is 6.61 Å². The van der Waals surface area contributed by atoms with Crippen molar-refractivity contribution in [3.8, 4) is 0 Å². The van der Waals surface area contributed by atoms with Crippen LogP contribution in [0, 0.1) is 0 Å². The molecule has 2 N–H and O–H groups in total. The Labute approximate surface area is 118 Å². The molecule has 2 rings (SSSR count). The molecule has 7 heteroatoms. The molecule has 0 bridgehead atoms. The molecule has 0 radical (unpaired) electrons. The highest BCUT2D eigenvalue weighted by atomic mass is 16.8.